The summed E-state index contributed by atoms with van der Waals surface area (Å²) in [5.74, 6) is -0.227. The first-order valence-electron chi connectivity index (χ1n) is 10.5. The molecule has 1 aromatic heterocycles. The molecule has 0 spiro atoms. The minimum absolute atomic E-state index is 0.103. The summed E-state index contributed by atoms with van der Waals surface area (Å²) >= 11 is 0. The Bertz CT molecular complexity index is 892. The number of fused-ring (bicyclic) bond motifs is 1. The van der Waals surface area contributed by atoms with Crippen LogP contribution in [0.25, 0.3) is 10.9 Å². The molecule has 2 amide bonds. The average Bonchev–Trinajstić information content (AvgIpc) is 3.45. The average molecular weight is 380 g/mol. The zero-order valence-electron chi connectivity index (χ0n) is 16.4. The summed E-state index contributed by atoms with van der Waals surface area (Å²) in [6, 6.07) is 8.15. The molecule has 0 aliphatic heterocycles. The number of aromatic nitrogens is 1. The Morgan fingerprint density at radius 3 is 2.46 bits per heavy atom. The summed E-state index contributed by atoms with van der Waals surface area (Å²) in [7, 11) is 0. The molecule has 28 heavy (non-hydrogen) atoms. The molecule has 1 fully saturated rings. The first-order valence-corrected chi connectivity index (χ1v) is 10.5. The van der Waals surface area contributed by atoms with Gasteiger partial charge in [0.05, 0.1) is 0 Å². The van der Waals surface area contributed by atoms with E-state index in [-0.39, 0.29) is 11.8 Å². The van der Waals surface area contributed by atoms with Crippen LogP contribution in [-0.4, -0.2) is 29.9 Å². The number of amides is 2. The van der Waals surface area contributed by atoms with Crippen LogP contribution in [0.2, 0.25) is 0 Å². The quantitative estimate of drug-likeness (QED) is 0.484. The molecule has 1 aromatic carbocycles. The van der Waals surface area contributed by atoms with E-state index in [0.717, 1.165) is 31.2 Å². The van der Waals surface area contributed by atoms with E-state index in [1.54, 1.807) is 0 Å². The fourth-order valence-electron chi connectivity index (χ4n) is 4.14. The summed E-state index contributed by atoms with van der Waals surface area (Å²) in [5.41, 5.74) is 2.90. The molecule has 2 aliphatic carbocycles. The van der Waals surface area contributed by atoms with Crippen LogP contribution in [0.4, 0.5) is 0 Å². The summed E-state index contributed by atoms with van der Waals surface area (Å²) in [5, 5.41) is 7.17. The summed E-state index contributed by atoms with van der Waals surface area (Å²) in [6.45, 7) is 1.18. The van der Waals surface area contributed by atoms with Crippen molar-refractivity contribution in [3.05, 3.63) is 47.7 Å². The van der Waals surface area contributed by atoms with Crippen LogP contribution in [-0.2, 0) is 16.0 Å². The molecular formula is C23H29N3O2. The maximum absolute atomic E-state index is 12.6. The van der Waals surface area contributed by atoms with Crippen LogP contribution < -0.4 is 10.6 Å². The van der Waals surface area contributed by atoms with Crippen LogP contribution in [0.3, 0.4) is 0 Å². The topological polar surface area (TPSA) is 74.0 Å². The van der Waals surface area contributed by atoms with Gasteiger partial charge in [-0.15, -0.1) is 0 Å². The molecule has 1 heterocycles. The van der Waals surface area contributed by atoms with Gasteiger partial charge in [0.2, 0.25) is 11.8 Å². The van der Waals surface area contributed by atoms with Gasteiger partial charge >= 0.3 is 0 Å². The van der Waals surface area contributed by atoms with Gasteiger partial charge in [-0.1, -0.05) is 29.8 Å². The van der Waals surface area contributed by atoms with Gasteiger partial charge in [-0.25, -0.2) is 0 Å². The molecule has 1 saturated carbocycles. The van der Waals surface area contributed by atoms with Crippen LogP contribution in [0, 0.1) is 5.41 Å². The van der Waals surface area contributed by atoms with E-state index in [1.165, 1.54) is 29.4 Å². The molecule has 2 aliphatic rings. The highest BCUT2D eigenvalue weighted by Crippen LogP contribution is 2.46. The number of para-hydroxylation sites is 1. The third-order valence-corrected chi connectivity index (χ3v) is 6.09. The SMILES string of the molecule is O=C(NCCC1=CCCCC1)C1(C(=O)NCCc2c[nH]c3ccccc23)CC1. The second kappa shape index (κ2) is 8.21. The molecule has 2 aromatic rings. The molecule has 4 rings (SSSR count). The Morgan fingerprint density at radius 1 is 1.00 bits per heavy atom. The Labute approximate surface area is 166 Å². The number of H-pyrrole nitrogens is 1. The number of aromatic amines is 1. The van der Waals surface area contributed by atoms with Crippen molar-refractivity contribution in [3.8, 4) is 0 Å². The van der Waals surface area contributed by atoms with Crippen molar-refractivity contribution >= 4 is 22.7 Å². The van der Waals surface area contributed by atoms with E-state index >= 15 is 0 Å². The third kappa shape index (κ3) is 3.98. The highest BCUT2D eigenvalue weighted by atomic mass is 16.2. The van der Waals surface area contributed by atoms with Gasteiger partial charge in [-0.3, -0.25) is 9.59 Å². The molecule has 5 heteroatoms. The largest absolute Gasteiger partial charge is 0.361 e. The maximum atomic E-state index is 12.6. The first kappa shape index (κ1) is 18.8. The van der Waals surface area contributed by atoms with Gasteiger partial charge in [0.1, 0.15) is 5.41 Å². The summed E-state index contributed by atoms with van der Waals surface area (Å²) < 4.78 is 0. The minimum Gasteiger partial charge on any atom is -0.361 e. The van der Waals surface area contributed by atoms with Crippen molar-refractivity contribution in [3.63, 3.8) is 0 Å². The number of nitrogens with one attached hydrogen (secondary N) is 3. The fraction of sp³-hybridized carbons (Fsp3) is 0.478. The third-order valence-electron chi connectivity index (χ3n) is 6.09. The van der Waals surface area contributed by atoms with Crippen molar-refractivity contribution in [2.24, 2.45) is 5.41 Å². The van der Waals surface area contributed by atoms with Gasteiger partial charge in [0.15, 0.2) is 0 Å². The fourth-order valence-corrected chi connectivity index (χ4v) is 4.14. The predicted octanol–water partition coefficient (Wildman–Crippen LogP) is 3.61. The Balaban J connectivity index is 1.24. The van der Waals surface area contributed by atoms with Crippen LogP contribution in [0.5, 0.6) is 0 Å². The number of hydrogen-bond donors (Lipinski definition) is 3. The van der Waals surface area contributed by atoms with Crippen molar-refractivity contribution in [1.29, 1.82) is 0 Å². The maximum Gasteiger partial charge on any atom is 0.235 e. The lowest BCUT2D eigenvalue weighted by Gasteiger charge is -2.17. The normalized spacial score (nSPS) is 17.8. The van der Waals surface area contributed by atoms with Gasteiger partial charge in [0, 0.05) is 30.2 Å². The second-order valence-corrected chi connectivity index (χ2v) is 8.06. The summed E-state index contributed by atoms with van der Waals surface area (Å²) in [4.78, 5) is 28.5. The lowest BCUT2D eigenvalue weighted by atomic mass is 9.97. The minimum atomic E-state index is -0.832. The summed E-state index contributed by atoms with van der Waals surface area (Å²) in [6.07, 6.45) is 12.1. The molecule has 0 bridgehead atoms. The van der Waals surface area contributed by atoms with E-state index < -0.39 is 5.41 Å². The molecule has 3 N–H and O–H groups in total. The number of benzene rings is 1. The van der Waals surface area contributed by atoms with Crippen molar-refractivity contribution in [2.45, 2.75) is 51.4 Å². The Morgan fingerprint density at radius 2 is 1.75 bits per heavy atom. The molecule has 148 valence electrons. The van der Waals surface area contributed by atoms with E-state index in [9.17, 15) is 9.59 Å². The van der Waals surface area contributed by atoms with Gasteiger partial charge in [0.25, 0.3) is 0 Å². The van der Waals surface area contributed by atoms with E-state index in [4.69, 9.17) is 0 Å². The lowest BCUT2D eigenvalue weighted by molar-refractivity contribution is -0.137. The van der Waals surface area contributed by atoms with Crippen molar-refractivity contribution in [1.82, 2.24) is 15.6 Å². The zero-order valence-corrected chi connectivity index (χ0v) is 16.4. The molecule has 0 atom stereocenters. The molecule has 0 radical (unpaired) electrons. The van der Waals surface area contributed by atoms with Gasteiger partial charge < -0.3 is 15.6 Å². The standard InChI is InChI=1S/C23H29N3O2/c27-21(24-14-10-17-6-2-1-3-7-17)23(12-13-23)22(28)25-15-11-18-16-26-20-9-5-4-8-19(18)20/h4-6,8-9,16,26H,1-3,7,10-15H2,(H,24,27)(H,25,28). The van der Waals surface area contributed by atoms with Crippen LogP contribution >= 0.6 is 0 Å². The highest BCUT2D eigenvalue weighted by Gasteiger charge is 2.56. The Kier molecular flexibility index (Phi) is 5.51. The number of hydrogen-bond acceptors (Lipinski definition) is 2. The molecule has 0 saturated heterocycles. The van der Waals surface area contributed by atoms with Gasteiger partial charge in [-0.2, -0.15) is 0 Å². The lowest BCUT2D eigenvalue weighted by Crippen LogP contribution is -2.43. The molecular weight excluding hydrogens is 350 g/mol. The molecule has 5 nitrogen and oxygen atoms in total. The zero-order chi connectivity index (χ0) is 19.4. The van der Waals surface area contributed by atoms with Gasteiger partial charge in [-0.05, 0) is 63.0 Å². The second-order valence-electron chi connectivity index (χ2n) is 8.06. The van der Waals surface area contributed by atoms with Crippen LogP contribution in [0.1, 0.15) is 50.5 Å². The molecule has 0 unspecified atom stereocenters. The van der Waals surface area contributed by atoms with Crippen LogP contribution in [0.15, 0.2) is 42.1 Å². The predicted molar refractivity (Wildman–Crippen MR) is 111 cm³/mol. The van der Waals surface area contributed by atoms with E-state index in [2.05, 4.69) is 27.8 Å². The number of carbonyl (C=O) groups is 2. The number of allylic oxidation sites excluding steroid dienone is 1. The Hall–Kier alpha value is -2.56. The number of carbonyl (C=O) groups excluding carboxylic acids is 2. The number of rotatable bonds is 8. The highest BCUT2D eigenvalue weighted by molar-refractivity contribution is 6.07. The van der Waals surface area contributed by atoms with E-state index in [0.29, 0.717) is 25.9 Å². The van der Waals surface area contributed by atoms with Crippen molar-refractivity contribution < 1.29 is 9.59 Å². The monoisotopic (exact) mass is 379 g/mol. The first-order chi connectivity index (χ1) is 13.7. The smallest absolute Gasteiger partial charge is 0.235 e. The van der Waals surface area contributed by atoms with E-state index in [1.807, 2.05) is 24.4 Å². The van der Waals surface area contributed by atoms with Crippen molar-refractivity contribution in [2.75, 3.05) is 13.1 Å².